The predicted octanol–water partition coefficient (Wildman–Crippen LogP) is 1.47. The number of alkyl halides is 1. The maximum atomic E-state index is 13.4. The molecule has 0 spiro atoms. The summed E-state index contributed by atoms with van der Waals surface area (Å²) in [5.74, 6) is 0. The summed E-state index contributed by atoms with van der Waals surface area (Å²) in [6.07, 6.45) is 3.29. The van der Waals surface area contributed by atoms with Gasteiger partial charge in [-0.15, -0.1) is 0 Å². The maximum absolute atomic E-state index is 13.4. The van der Waals surface area contributed by atoms with Crippen molar-refractivity contribution in [3.05, 3.63) is 22.9 Å². The van der Waals surface area contributed by atoms with Crippen molar-refractivity contribution in [2.75, 3.05) is 13.2 Å². The van der Waals surface area contributed by atoms with Crippen LogP contribution in [0.15, 0.2) is 22.9 Å². The molecule has 1 heterocycles. The summed E-state index contributed by atoms with van der Waals surface area (Å²) < 4.78 is 13.4. The van der Waals surface area contributed by atoms with E-state index in [1.54, 1.807) is 4.90 Å². The largest absolute Gasteiger partial charge is 0.398 e. The Bertz CT molecular complexity index is 429. The van der Waals surface area contributed by atoms with Crippen LogP contribution in [-0.2, 0) is 0 Å². The highest BCUT2D eigenvalue weighted by Gasteiger charge is 2.38. The van der Waals surface area contributed by atoms with Crippen molar-refractivity contribution in [3.63, 3.8) is 0 Å². The monoisotopic (exact) mass is 304 g/mol. The summed E-state index contributed by atoms with van der Waals surface area (Å²) in [5, 5.41) is 20.1. The van der Waals surface area contributed by atoms with E-state index < -0.39 is 12.4 Å². The van der Waals surface area contributed by atoms with Gasteiger partial charge in [0.05, 0.1) is 11.6 Å². The zero-order chi connectivity index (χ0) is 14.9. The molecule has 114 valence electrons. The van der Waals surface area contributed by atoms with Gasteiger partial charge in [-0.1, -0.05) is 30.7 Å². The highest BCUT2D eigenvalue weighted by atomic mass is 35.5. The van der Waals surface area contributed by atoms with Gasteiger partial charge in [0.1, 0.15) is 12.4 Å². The second-order valence-corrected chi connectivity index (χ2v) is 6.47. The molecule has 4 nitrogen and oxygen atoms in total. The van der Waals surface area contributed by atoms with Crippen molar-refractivity contribution < 1.29 is 14.6 Å². The second-order valence-electron chi connectivity index (χ2n) is 6.06. The number of likely N-dealkylation sites (tertiary alicyclic amines) is 1. The van der Waals surface area contributed by atoms with E-state index in [0.717, 1.165) is 0 Å². The lowest BCUT2D eigenvalue weighted by Gasteiger charge is -2.35. The van der Waals surface area contributed by atoms with Crippen molar-refractivity contribution in [3.8, 4) is 0 Å². The number of nitrogens with zero attached hydrogens (tertiary/aromatic N) is 1. The van der Waals surface area contributed by atoms with Gasteiger partial charge in [-0.2, -0.15) is 0 Å². The van der Waals surface area contributed by atoms with Crippen molar-refractivity contribution in [2.24, 2.45) is 11.1 Å². The highest BCUT2D eigenvalue weighted by molar-refractivity contribution is 6.32. The molecule has 20 heavy (non-hydrogen) atoms. The Hall–Kier alpha value is -0.620. The number of aliphatic hydroxyl groups excluding tert-OH is 2. The Balaban J connectivity index is 2.03. The Kier molecular flexibility index (Phi) is 4.74. The summed E-state index contributed by atoms with van der Waals surface area (Å²) in [7, 11) is 0. The summed E-state index contributed by atoms with van der Waals surface area (Å²) in [4.78, 5) is 1.64. The maximum Gasteiger partial charge on any atom is 0.114 e. The molecule has 0 aromatic carbocycles. The lowest BCUT2D eigenvalue weighted by Crippen LogP contribution is -2.43. The number of hydrogen-bond acceptors (Lipinski definition) is 4. The van der Waals surface area contributed by atoms with Gasteiger partial charge in [0.2, 0.25) is 0 Å². The molecule has 0 radical (unpaired) electrons. The number of nitrogens with two attached hydrogens (primary N) is 1. The average molecular weight is 305 g/mol. The van der Waals surface area contributed by atoms with E-state index in [2.05, 4.69) is 0 Å². The highest BCUT2D eigenvalue weighted by Crippen LogP contribution is 2.38. The van der Waals surface area contributed by atoms with Gasteiger partial charge in [0.25, 0.3) is 0 Å². The van der Waals surface area contributed by atoms with Crippen LogP contribution in [0, 0.1) is 5.41 Å². The van der Waals surface area contributed by atoms with Crippen molar-refractivity contribution in [2.45, 2.75) is 44.6 Å². The predicted molar refractivity (Wildman–Crippen MR) is 76.6 cm³/mol. The van der Waals surface area contributed by atoms with E-state index in [0.29, 0.717) is 23.6 Å². The van der Waals surface area contributed by atoms with Gasteiger partial charge in [-0.3, -0.25) is 4.90 Å². The van der Waals surface area contributed by atoms with Crippen molar-refractivity contribution in [1.29, 1.82) is 0 Å². The van der Waals surface area contributed by atoms with Crippen LogP contribution in [-0.4, -0.2) is 46.7 Å². The van der Waals surface area contributed by atoms with Crippen LogP contribution >= 0.6 is 11.6 Å². The van der Waals surface area contributed by atoms with E-state index in [1.165, 1.54) is 0 Å². The zero-order valence-corrected chi connectivity index (χ0v) is 12.4. The standard InChI is InChI=1S/C14H22ClFN2O2/c1-14(3-2-12(17)11(15)5-14)6-13(20)18-7-9(16)4-10(18)8-19/h2,5,9-10,13,19-20H,3-4,6-8,17H2,1H3/t9?,10?,13?,14-/m1/s1. The first-order valence-corrected chi connectivity index (χ1v) is 7.25. The summed E-state index contributed by atoms with van der Waals surface area (Å²) >= 11 is 6.05. The van der Waals surface area contributed by atoms with Crippen LogP contribution < -0.4 is 5.73 Å². The summed E-state index contributed by atoms with van der Waals surface area (Å²) in [6, 6.07) is -0.313. The Morgan fingerprint density at radius 3 is 2.95 bits per heavy atom. The topological polar surface area (TPSA) is 69.7 Å². The molecular weight excluding hydrogens is 283 g/mol. The van der Waals surface area contributed by atoms with Crippen LogP contribution in [0.5, 0.6) is 0 Å². The van der Waals surface area contributed by atoms with Crippen LogP contribution in [0.4, 0.5) is 4.39 Å². The average Bonchev–Trinajstić information content (AvgIpc) is 2.76. The van der Waals surface area contributed by atoms with E-state index in [1.807, 2.05) is 19.1 Å². The van der Waals surface area contributed by atoms with Gasteiger partial charge >= 0.3 is 0 Å². The number of halogens is 2. The van der Waals surface area contributed by atoms with Crippen molar-refractivity contribution in [1.82, 2.24) is 4.90 Å². The van der Waals surface area contributed by atoms with E-state index in [-0.39, 0.29) is 31.0 Å². The van der Waals surface area contributed by atoms with E-state index in [9.17, 15) is 14.6 Å². The third-order valence-electron chi connectivity index (χ3n) is 4.19. The Labute approximate surface area is 123 Å². The Morgan fingerprint density at radius 1 is 1.65 bits per heavy atom. The molecular formula is C14H22ClFN2O2. The minimum absolute atomic E-state index is 0.141. The molecule has 0 aromatic rings. The lowest BCUT2D eigenvalue weighted by molar-refractivity contribution is -0.0411. The third-order valence-corrected chi connectivity index (χ3v) is 4.51. The van der Waals surface area contributed by atoms with Gasteiger partial charge in [0, 0.05) is 18.3 Å². The number of hydrogen-bond donors (Lipinski definition) is 3. The zero-order valence-electron chi connectivity index (χ0n) is 11.6. The van der Waals surface area contributed by atoms with Crippen LogP contribution in [0.2, 0.25) is 0 Å². The van der Waals surface area contributed by atoms with Crippen molar-refractivity contribution >= 4 is 11.6 Å². The lowest BCUT2D eigenvalue weighted by atomic mass is 9.79. The van der Waals surface area contributed by atoms with Gasteiger partial charge in [0.15, 0.2) is 0 Å². The van der Waals surface area contributed by atoms with E-state index >= 15 is 0 Å². The molecule has 2 aliphatic rings. The van der Waals surface area contributed by atoms with E-state index in [4.69, 9.17) is 17.3 Å². The molecule has 1 aliphatic carbocycles. The summed E-state index contributed by atoms with van der Waals surface area (Å²) in [6.45, 7) is 2.01. The Morgan fingerprint density at radius 2 is 2.35 bits per heavy atom. The third kappa shape index (κ3) is 3.34. The quantitative estimate of drug-likeness (QED) is 0.736. The second kappa shape index (κ2) is 6.02. The molecule has 2 rings (SSSR count). The van der Waals surface area contributed by atoms with Gasteiger partial charge < -0.3 is 15.9 Å². The molecule has 1 fully saturated rings. The SMILES string of the molecule is C[C@]1(CC(O)N2CC(F)CC2CO)C=C(Cl)C(N)=CC1. The van der Waals surface area contributed by atoms with Gasteiger partial charge in [-0.25, -0.2) is 4.39 Å². The molecule has 3 unspecified atom stereocenters. The number of rotatable bonds is 4. The van der Waals surface area contributed by atoms with Crippen LogP contribution in [0.25, 0.3) is 0 Å². The molecule has 1 aliphatic heterocycles. The molecule has 0 amide bonds. The fourth-order valence-electron chi connectivity index (χ4n) is 2.99. The fraction of sp³-hybridized carbons (Fsp3) is 0.714. The molecule has 4 N–H and O–H groups in total. The van der Waals surface area contributed by atoms with Gasteiger partial charge in [-0.05, 0) is 24.7 Å². The molecule has 1 saturated heterocycles. The molecule has 4 atom stereocenters. The molecule has 0 aromatic heterocycles. The fourth-order valence-corrected chi connectivity index (χ4v) is 3.33. The smallest absolute Gasteiger partial charge is 0.114 e. The summed E-state index contributed by atoms with van der Waals surface area (Å²) in [5.41, 5.74) is 5.96. The van der Waals surface area contributed by atoms with Crippen LogP contribution in [0.1, 0.15) is 26.2 Å². The molecule has 0 saturated carbocycles. The molecule has 6 heteroatoms. The normalized spacial score (nSPS) is 36.6. The first kappa shape index (κ1) is 15.8. The minimum atomic E-state index is -0.990. The van der Waals surface area contributed by atoms with Crippen LogP contribution in [0.3, 0.4) is 0 Å². The molecule has 0 bridgehead atoms. The number of allylic oxidation sites excluding steroid dienone is 3. The first-order valence-electron chi connectivity index (χ1n) is 6.88. The number of aliphatic hydroxyl groups is 2. The minimum Gasteiger partial charge on any atom is -0.398 e. The first-order chi connectivity index (χ1) is 9.34.